The lowest BCUT2D eigenvalue weighted by molar-refractivity contribution is 1.15. The van der Waals surface area contributed by atoms with Gasteiger partial charge in [-0.3, -0.25) is 0 Å². The number of benzene rings is 8. The number of para-hydroxylation sites is 1. The first-order valence-corrected chi connectivity index (χ1v) is 15.9. The molecule has 8 aromatic carbocycles. The Labute approximate surface area is 266 Å². The molecule has 0 fully saturated rings. The van der Waals surface area contributed by atoms with Gasteiger partial charge in [0.25, 0.3) is 0 Å². The second-order valence-corrected chi connectivity index (χ2v) is 12.2. The first-order valence-electron chi connectivity index (χ1n) is 15.9. The Bertz CT molecular complexity index is 2780. The zero-order valence-electron chi connectivity index (χ0n) is 25.1. The Morgan fingerprint density at radius 1 is 0.304 bits per heavy atom. The van der Waals surface area contributed by atoms with Gasteiger partial charge in [-0.15, -0.1) is 0 Å². The molecule has 0 amide bonds. The Morgan fingerprint density at radius 2 is 0.935 bits per heavy atom. The second-order valence-electron chi connectivity index (χ2n) is 12.2. The van der Waals surface area contributed by atoms with Crippen LogP contribution in [0.3, 0.4) is 0 Å². The smallest absolute Gasteiger partial charge is 0.0789 e. The monoisotopic (exact) mass is 584 g/mol. The molecular formula is C44H28N2. The van der Waals surface area contributed by atoms with Gasteiger partial charge in [0, 0.05) is 32.9 Å². The Hall–Kier alpha value is -6.12. The molecule has 0 saturated heterocycles. The van der Waals surface area contributed by atoms with Gasteiger partial charge in [-0.1, -0.05) is 127 Å². The molecule has 10 rings (SSSR count). The van der Waals surface area contributed by atoms with Gasteiger partial charge >= 0.3 is 0 Å². The van der Waals surface area contributed by atoms with Crippen LogP contribution in [0.15, 0.2) is 170 Å². The van der Waals surface area contributed by atoms with Gasteiger partial charge < -0.3 is 9.13 Å². The maximum Gasteiger partial charge on any atom is 0.0789 e. The van der Waals surface area contributed by atoms with Crippen LogP contribution in [-0.4, -0.2) is 9.13 Å². The molecule has 0 spiro atoms. The minimum atomic E-state index is 1.16. The zero-order chi connectivity index (χ0) is 30.2. The third kappa shape index (κ3) is 3.59. The van der Waals surface area contributed by atoms with Crippen molar-refractivity contribution in [2.75, 3.05) is 0 Å². The van der Waals surface area contributed by atoms with E-state index in [4.69, 9.17) is 0 Å². The van der Waals surface area contributed by atoms with Crippen LogP contribution >= 0.6 is 0 Å². The van der Waals surface area contributed by atoms with E-state index >= 15 is 0 Å². The summed E-state index contributed by atoms with van der Waals surface area (Å²) in [6, 6.07) is 62.0. The summed E-state index contributed by atoms with van der Waals surface area (Å²) in [6.45, 7) is 0. The maximum atomic E-state index is 2.49. The number of aromatic nitrogens is 2. The molecule has 214 valence electrons. The Balaban J connectivity index is 1.44. The SMILES string of the molecule is c1ccc(-c2ccc3c(c2)c2ccc4c5c6ccccc6ccc5n(-c5ccccc5)c4c2n3-c2ccc3ccccc3c2)cc1. The average molecular weight is 585 g/mol. The molecule has 0 radical (unpaired) electrons. The van der Waals surface area contributed by atoms with Crippen molar-refractivity contribution in [1.82, 2.24) is 9.13 Å². The molecule has 0 bridgehead atoms. The molecular weight excluding hydrogens is 556 g/mol. The number of hydrogen-bond donors (Lipinski definition) is 0. The van der Waals surface area contributed by atoms with Crippen LogP contribution in [0.25, 0.3) is 87.7 Å². The normalized spacial score (nSPS) is 11.9. The fourth-order valence-electron chi connectivity index (χ4n) is 7.61. The van der Waals surface area contributed by atoms with Crippen molar-refractivity contribution in [3.63, 3.8) is 0 Å². The van der Waals surface area contributed by atoms with Crippen LogP contribution in [0, 0.1) is 0 Å². The molecule has 46 heavy (non-hydrogen) atoms. The quantitative estimate of drug-likeness (QED) is 0.195. The van der Waals surface area contributed by atoms with Crippen molar-refractivity contribution in [3.8, 4) is 22.5 Å². The van der Waals surface area contributed by atoms with E-state index in [1.807, 2.05) is 0 Å². The van der Waals surface area contributed by atoms with Crippen molar-refractivity contribution < 1.29 is 0 Å². The van der Waals surface area contributed by atoms with Gasteiger partial charge in [0.2, 0.25) is 0 Å². The summed E-state index contributed by atoms with van der Waals surface area (Å²) in [5.41, 5.74) is 9.62. The number of rotatable bonds is 3. The molecule has 0 aliphatic heterocycles. The summed E-state index contributed by atoms with van der Waals surface area (Å²) >= 11 is 0. The first kappa shape index (κ1) is 25.2. The van der Waals surface area contributed by atoms with E-state index < -0.39 is 0 Å². The zero-order valence-corrected chi connectivity index (χ0v) is 25.1. The van der Waals surface area contributed by atoms with E-state index in [-0.39, 0.29) is 0 Å². The predicted octanol–water partition coefficient (Wildman–Crippen LogP) is 11.9. The van der Waals surface area contributed by atoms with E-state index in [9.17, 15) is 0 Å². The van der Waals surface area contributed by atoms with E-state index in [0.29, 0.717) is 0 Å². The maximum absolute atomic E-state index is 2.49. The Kier molecular flexibility index (Phi) is 5.31. The molecule has 0 aliphatic rings. The predicted molar refractivity (Wildman–Crippen MR) is 196 cm³/mol. The highest BCUT2D eigenvalue weighted by atomic mass is 15.0. The third-order valence-electron chi connectivity index (χ3n) is 9.66. The van der Waals surface area contributed by atoms with Crippen LogP contribution in [0.2, 0.25) is 0 Å². The Morgan fingerprint density at radius 3 is 1.78 bits per heavy atom. The highest BCUT2D eigenvalue weighted by molar-refractivity contribution is 6.28. The summed E-state index contributed by atoms with van der Waals surface area (Å²) in [6.07, 6.45) is 0. The van der Waals surface area contributed by atoms with Gasteiger partial charge in [-0.25, -0.2) is 0 Å². The van der Waals surface area contributed by atoms with Crippen LogP contribution in [0.4, 0.5) is 0 Å². The largest absolute Gasteiger partial charge is 0.307 e. The first-order chi connectivity index (χ1) is 22.8. The minimum absolute atomic E-state index is 1.16. The highest BCUT2D eigenvalue weighted by Crippen LogP contribution is 2.44. The number of nitrogens with zero attached hydrogens (tertiary/aromatic N) is 2. The van der Waals surface area contributed by atoms with E-state index in [1.54, 1.807) is 0 Å². The van der Waals surface area contributed by atoms with Crippen molar-refractivity contribution >= 4 is 65.2 Å². The molecule has 0 atom stereocenters. The fraction of sp³-hybridized carbons (Fsp3) is 0. The van der Waals surface area contributed by atoms with Crippen LogP contribution in [0.5, 0.6) is 0 Å². The van der Waals surface area contributed by atoms with E-state index in [2.05, 4.69) is 179 Å². The van der Waals surface area contributed by atoms with Gasteiger partial charge in [0.15, 0.2) is 0 Å². The van der Waals surface area contributed by atoms with Gasteiger partial charge in [0.05, 0.1) is 22.1 Å². The summed E-state index contributed by atoms with van der Waals surface area (Å²) in [5, 5.41) is 10.1. The lowest BCUT2D eigenvalue weighted by atomic mass is 10.0. The van der Waals surface area contributed by atoms with Gasteiger partial charge in [0.1, 0.15) is 0 Å². The minimum Gasteiger partial charge on any atom is -0.307 e. The van der Waals surface area contributed by atoms with Crippen molar-refractivity contribution in [2.45, 2.75) is 0 Å². The summed E-state index contributed by atoms with van der Waals surface area (Å²) in [4.78, 5) is 0. The molecule has 2 nitrogen and oxygen atoms in total. The van der Waals surface area contributed by atoms with Gasteiger partial charge in [-0.05, 0) is 75.1 Å². The number of fused-ring (bicyclic) bond motifs is 10. The van der Waals surface area contributed by atoms with Crippen LogP contribution < -0.4 is 0 Å². The van der Waals surface area contributed by atoms with Crippen molar-refractivity contribution in [2.24, 2.45) is 0 Å². The van der Waals surface area contributed by atoms with Crippen LogP contribution in [-0.2, 0) is 0 Å². The van der Waals surface area contributed by atoms with Crippen molar-refractivity contribution in [3.05, 3.63) is 170 Å². The lowest BCUT2D eigenvalue weighted by Crippen LogP contribution is -1.98. The average Bonchev–Trinajstić information content (AvgIpc) is 3.65. The molecule has 0 saturated carbocycles. The highest BCUT2D eigenvalue weighted by Gasteiger charge is 2.22. The molecule has 10 aromatic rings. The van der Waals surface area contributed by atoms with Gasteiger partial charge in [-0.2, -0.15) is 0 Å². The standard InChI is InChI=1S/C44H28N2/c1-3-11-29(12-4-1)33-21-25-40-39(28-33)37-23-24-38-42-36-18-10-9-14-31(36)20-26-41(42)45(34-16-5-2-6-17-34)44(38)43(37)46(40)35-22-19-30-13-7-8-15-32(30)27-35/h1-28H. The van der Waals surface area contributed by atoms with E-state index in [1.165, 1.54) is 76.3 Å². The van der Waals surface area contributed by atoms with Crippen LogP contribution in [0.1, 0.15) is 0 Å². The van der Waals surface area contributed by atoms with E-state index in [0.717, 1.165) is 11.4 Å². The number of hydrogen-bond acceptors (Lipinski definition) is 0. The lowest BCUT2D eigenvalue weighted by Gasteiger charge is -2.13. The topological polar surface area (TPSA) is 9.86 Å². The molecule has 2 heterocycles. The summed E-state index contributed by atoms with van der Waals surface area (Å²) in [7, 11) is 0. The second kappa shape index (κ2) is 9.69. The molecule has 2 heteroatoms. The molecule has 0 unspecified atom stereocenters. The molecule has 0 aliphatic carbocycles. The summed E-state index contributed by atoms with van der Waals surface area (Å²) in [5.74, 6) is 0. The van der Waals surface area contributed by atoms with Crippen molar-refractivity contribution in [1.29, 1.82) is 0 Å². The summed E-state index contributed by atoms with van der Waals surface area (Å²) < 4.78 is 4.97. The molecule has 2 aromatic heterocycles. The molecule has 0 N–H and O–H groups in total. The third-order valence-corrected chi connectivity index (χ3v) is 9.66. The fourth-order valence-corrected chi connectivity index (χ4v) is 7.61.